The molecule has 0 saturated heterocycles. The molecule has 23 heavy (non-hydrogen) atoms. The van der Waals surface area contributed by atoms with Gasteiger partial charge in [-0.2, -0.15) is 13.2 Å². The van der Waals surface area contributed by atoms with Crippen molar-refractivity contribution in [3.8, 4) is 0 Å². The standard InChI is InChI=1S/C14H9ClF4N4/c15-8(6-11-20-4-5-23(11)7-14(17,18)19)13-21-10-3-1-2-9(16)12(10)22-13/h1-6H,7H2,(H,21,22)/b8-6-. The van der Waals surface area contributed by atoms with E-state index >= 15 is 0 Å². The summed E-state index contributed by atoms with van der Waals surface area (Å²) in [5.41, 5.74) is 0.540. The minimum absolute atomic E-state index is 0.0215. The number of H-pyrrole nitrogens is 1. The van der Waals surface area contributed by atoms with Gasteiger partial charge in [0.1, 0.15) is 23.7 Å². The molecule has 2 aromatic heterocycles. The first kappa shape index (κ1) is 15.5. The Balaban J connectivity index is 1.96. The Morgan fingerprint density at radius 2 is 2.13 bits per heavy atom. The number of para-hydroxylation sites is 1. The minimum atomic E-state index is -4.38. The Kier molecular flexibility index (Phi) is 3.85. The lowest BCUT2D eigenvalue weighted by atomic mass is 10.3. The first-order valence-corrected chi connectivity index (χ1v) is 6.81. The van der Waals surface area contributed by atoms with Gasteiger partial charge in [0.15, 0.2) is 5.82 Å². The van der Waals surface area contributed by atoms with Gasteiger partial charge in [0.25, 0.3) is 0 Å². The highest BCUT2D eigenvalue weighted by Gasteiger charge is 2.28. The van der Waals surface area contributed by atoms with Crippen molar-refractivity contribution in [1.82, 2.24) is 19.5 Å². The maximum atomic E-state index is 13.6. The second kappa shape index (κ2) is 5.69. The number of imidazole rings is 2. The van der Waals surface area contributed by atoms with Gasteiger partial charge in [-0.1, -0.05) is 17.7 Å². The first-order chi connectivity index (χ1) is 10.8. The Hall–Kier alpha value is -2.35. The number of aromatic amines is 1. The predicted molar refractivity (Wildman–Crippen MR) is 78.1 cm³/mol. The van der Waals surface area contributed by atoms with E-state index in [0.717, 1.165) is 4.57 Å². The molecule has 0 unspecified atom stereocenters. The lowest BCUT2D eigenvalue weighted by molar-refractivity contribution is -0.140. The van der Waals surface area contributed by atoms with E-state index < -0.39 is 18.5 Å². The minimum Gasteiger partial charge on any atom is -0.337 e. The van der Waals surface area contributed by atoms with E-state index in [2.05, 4.69) is 15.0 Å². The topological polar surface area (TPSA) is 46.5 Å². The van der Waals surface area contributed by atoms with Crippen LogP contribution in [0.3, 0.4) is 0 Å². The predicted octanol–water partition coefficient (Wildman–Crippen LogP) is 4.20. The van der Waals surface area contributed by atoms with Crippen molar-refractivity contribution in [1.29, 1.82) is 0 Å². The van der Waals surface area contributed by atoms with Crippen molar-refractivity contribution >= 4 is 33.7 Å². The maximum absolute atomic E-state index is 13.6. The molecule has 1 aromatic carbocycles. The van der Waals surface area contributed by atoms with Gasteiger partial charge in [-0.25, -0.2) is 14.4 Å². The van der Waals surface area contributed by atoms with Gasteiger partial charge in [-0.3, -0.25) is 0 Å². The van der Waals surface area contributed by atoms with Crippen LogP contribution in [0.2, 0.25) is 0 Å². The summed E-state index contributed by atoms with van der Waals surface area (Å²) >= 11 is 6.08. The van der Waals surface area contributed by atoms with Crippen LogP contribution < -0.4 is 0 Å². The zero-order chi connectivity index (χ0) is 16.6. The fourth-order valence-corrected chi connectivity index (χ4v) is 2.27. The molecule has 9 heteroatoms. The number of alkyl halides is 3. The quantitative estimate of drug-likeness (QED) is 0.724. The zero-order valence-electron chi connectivity index (χ0n) is 11.4. The summed E-state index contributed by atoms with van der Waals surface area (Å²) in [4.78, 5) is 10.6. The van der Waals surface area contributed by atoms with E-state index in [1.165, 1.54) is 30.6 Å². The summed E-state index contributed by atoms with van der Waals surface area (Å²) in [5.74, 6) is -0.352. The molecule has 4 nitrogen and oxygen atoms in total. The van der Waals surface area contributed by atoms with Crippen LogP contribution in [0.5, 0.6) is 0 Å². The number of fused-ring (bicyclic) bond motifs is 1. The van der Waals surface area contributed by atoms with Crippen LogP contribution in [0, 0.1) is 5.82 Å². The van der Waals surface area contributed by atoms with E-state index in [9.17, 15) is 17.6 Å². The summed E-state index contributed by atoms with van der Waals surface area (Å²) in [6, 6.07) is 4.37. The van der Waals surface area contributed by atoms with Crippen molar-refractivity contribution < 1.29 is 17.6 Å². The van der Waals surface area contributed by atoms with Crippen molar-refractivity contribution in [3.05, 3.63) is 48.1 Å². The third-order valence-electron chi connectivity index (χ3n) is 3.04. The molecule has 0 atom stereocenters. The monoisotopic (exact) mass is 344 g/mol. The van der Waals surface area contributed by atoms with E-state index in [-0.39, 0.29) is 22.2 Å². The average Bonchev–Trinajstić information content (AvgIpc) is 3.05. The summed E-state index contributed by atoms with van der Waals surface area (Å²) < 4.78 is 52.0. The lowest BCUT2D eigenvalue weighted by Crippen LogP contribution is -2.18. The molecular formula is C14H9ClF4N4. The number of hydrogen-bond donors (Lipinski definition) is 1. The largest absolute Gasteiger partial charge is 0.406 e. The van der Waals surface area contributed by atoms with Gasteiger partial charge in [-0.05, 0) is 12.1 Å². The number of nitrogens with zero attached hydrogens (tertiary/aromatic N) is 3. The van der Waals surface area contributed by atoms with Crippen molar-refractivity contribution in [2.45, 2.75) is 12.7 Å². The molecule has 0 spiro atoms. The van der Waals surface area contributed by atoms with Gasteiger partial charge < -0.3 is 9.55 Å². The molecule has 0 saturated carbocycles. The number of aromatic nitrogens is 4. The van der Waals surface area contributed by atoms with Crippen LogP contribution in [0.15, 0.2) is 30.6 Å². The summed E-state index contributed by atoms with van der Waals surface area (Å²) in [6.07, 6.45) is -0.705. The van der Waals surface area contributed by atoms with Crippen molar-refractivity contribution in [2.24, 2.45) is 0 Å². The molecule has 1 N–H and O–H groups in total. The van der Waals surface area contributed by atoms with Gasteiger partial charge in [0, 0.05) is 18.5 Å². The van der Waals surface area contributed by atoms with Gasteiger partial charge in [0.05, 0.1) is 10.5 Å². The van der Waals surface area contributed by atoms with Gasteiger partial charge in [0.2, 0.25) is 0 Å². The average molecular weight is 345 g/mol. The van der Waals surface area contributed by atoms with Crippen LogP contribution in [0.4, 0.5) is 17.6 Å². The van der Waals surface area contributed by atoms with Crippen LogP contribution in [-0.2, 0) is 6.54 Å². The molecule has 0 aliphatic carbocycles. The van der Waals surface area contributed by atoms with Crippen molar-refractivity contribution in [3.63, 3.8) is 0 Å². The summed E-state index contributed by atoms with van der Waals surface area (Å²) in [5, 5.41) is 0.0234. The Morgan fingerprint density at radius 3 is 2.83 bits per heavy atom. The third-order valence-corrected chi connectivity index (χ3v) is 3.33. The molecular weight excluding hydrogens is 336 g/mol. The van der Waals surface area contributed by atoms with Crippen LogP contribution in [-0.4, -0.2) is 25.7 Å². The van der Waals surface area contributed by atoms with Crippen LogP contribution >= 0.6 is 11.6 Å². The fraction of sp³-hybridized carbons (Fsp3) is 0.143. The Morgan fingerprint density at radius 1 is 1.35 bits per heavy atom. The fourth-order valence-electron chi connectivity index (χ4n) is 2.08. The smallest absolute Gasteiger partial charge is 0.337 e. The van der Waals surface area contributed by atoms with E-state index in [1.54, 1.807) is 6.07 Å². The zero-order valence-corrected chi connectivity index (χ0v) is 12.2. The second-order valence-corrected chi connectivity index (χ2v) is 5.15. The van der Waals surface area contributed by atoms with Gasteiger partial charge in [-0.15, -0.1) is 0 Å². The van der Waals surface area contributed by atoms with Crippen LogP contribution in [0.1, 0.15) is 11.6 Å². The number of halogens is 5. The first-order valence-electron chi connectivity index (χ1n) is 6.43. The highest BCUT2D eigenvalue weighted by molar-refractivity contribution is 6.50. The summed E-state index contributed by atoms with van der Waals surface area (Å²) in [6.45, 7) is -1.18. The molecule has 0 bridgehead atoms. The van der Waals surface area contributed by atoms with Gasteiger partial charge >= 0.3 is 6.18 Å². The highest BCUT2D eigenvalue weighted by Crippen LogP contribution is 2.24. The SMILES string of the molecule is Fc1cccc2[nH]c(/C(Cl)=C/c3nccn3CC(F)(F)F)nc12. The molecule has 0 fully saturated rings. The number of rotatable bonds is 3. The molecule has 0 amide bonds. The Bertz CT molecular complexity index is 878. The highest BCUT2D eigenvalue weighted by atomic mass is 35.5. The lowest BCUT2D eigenvalue weighted by Gasteiger charge is -2.08. The normalized spacial score (nSPS) is 13.0. The van der Waals surface area contributed by atoms with E-state index in [1.807, 2.05) is 0 Å². The summed E-state index contributed by atoms with van der Waals surface area (Å²) in [7, 11) is 0. The molecule has 0 aliphatic heterocycles. The maximum Gasteiger partial charge on any atom is 0.406 e. The third kappa shape index (κ3) is 3.37. The molecule has 0 radical (unpaired) electrons. The number of hydrogen-bond acceptors (Lipinski definition) is 2. The van der Waals surface area contributed by atoms with E-state index in [0.29, 0.717) is 5.52 Å². The molecule has 120 valence electrons. The van der Waals surface area contributed by atoms with Crippen molar-refractivity contribution in [2.75, 3.05) is 0 Å². The van der Waals surface area contributed by atoms with E-state index in [4.69, 9.17) is 11.6 Å². The molecule has 3 aromatic rings. The molecule has 2 heterocycles. The number of nitrogens with one attached hydrogen (secondary N) is 1. The molecule has 3 rings (SSSR count). The van der Waals surface area contributed by atoms with Crippen LogP contribution in [0.25, 0.3) is 22.1 Å². The second-order valence-electron chi connectivity index (χ2n) is 4.74. The molecule has 0 aliphatic rings. The Labute approximate surface area is 132 Å². The number of benzene rings is 1.